The van der Waals surface area contributed by atoms with Crippen molar-refractivity contribution < 1.29 is 4.79 Å². The Morgan fingerprint density at radius 3 is 2.76 bits per heavy atom. The van der Waals surface area contributed by atoms with Gasteiger partial charge in [-0.3, -0.25) is 4.79 Å². The van der Waals surface area contributed by atoms with Crippen LogP contribution in [-0.4, -0.2) is 10.9 Å². The number of hydrogen-bond donors (Lipinski definition) is 2. The van der Waals surface area contributed by atoms with E-state index in [2.05, 4.69) is 10.3 Å². The first-order chi connectivity index (χ1) is 8.06. The molecule has 0 fully saturated rings. The molecule has 1 amide bonds. The number of rotatable bonds is 3. The molecule has 2 N–H and O–H groups in total. The normalized spacial score (nSPS) is 12.4. The number of halogens is 2. The molecule has 0 bridgehead atoms. The summed E-state index contributed by atoms with van der Waals surface area (Å²) < 4.78 is 0.712. The Labute approximate surface area is 113 Å². The Morgan fingerprint density at radius 2 is 2.24 bits per heavy atom. The van der Waals surface area contributed by atoms with Gasteiger partial charge in [0.1, 0.15) is 5.69 Å². The average Bonchev–Trinajstić information content (AvgIpc) is 2.87. The van der Waals surface area contributed by atoms with E-state index >= 15 is 0 Å². The Kier molecular flexibility index (Phi) is 3.76. The summed E-state index contributed by atoms with van der Waals surface area (Å²) in [6.45, 7) is 1.91. The quantitative estimate of drug-likeness (QED) is 0.885. The van der Waals surface area contributed by atoms with E-state index in [0.717, 1.165) is 4.88 Å². The molecule has 0 aliphatic carbocycles. The summed E-state index contributed by atoms with van der Waals surface area (Å²) in [6, 6.07) is 5.22. The molecule has 2 aromatic heterocycles. The molecule has 0 saturated carbocycles. The minimum absolute atomic E-state index is 0.0814. The second-order valence-corrected chi connectivity index (χ2v) is 5.75. The second-order valence-electron chi connectivity index (χ2n) is 3.57. The van der Waals surface area contributed by atoms with Gasteiger partial charge in [0, 0.05) is 11.1 Å². The number of H-pyrrole nitrogens is 1. The first-order valence-electron chi connectivity index (χ1n) is 4.96. The van der Waals surface area contributed by atoms with Gasteiger partial charge in [-0.25, -0.2) is 0 Å². The summed E-state index contributed by atoms with van der Waals surface area (Å²) in [5.74, 6) is -0.186. The minimum Gasteiger partial charge on any atom is -0.356 e. The van der Waals surface area contributed by atoms with Gasteiger partial charge in [-0.15, -0.1) is 11.3 Å². The minimum atomic E-state index is -0.186. The van der Waals surface area contributed by atoms with Crippen molar-refractivity contribution in [2.24, 2.45) is 0 Å². The number of thiophene rings is 1. The largest absolute Gasteiger partial charge is 0.356 e. The number of aromatic nitrogens is 1. The van der Waals surface area contributed by atoms with Crippen LogP contribution in [0.15, 0.2) is 24.4 Å². The third kappa shape index (κ3) is 3.03. The standard InChI is InChI=1S/C11H10Cl2N2OS/c1-6(9-2-3-10(13)17-9)15-11(16)8-4-7(12)5-14-8/h2-6,14H,1H3,(H,15,16)/t6-/m1/s1. The zero-order valence-electron chi connectivity index (χ0n) is 8.96. The van der Waals surface area contributed by atoms with Crippen molar-refractivity contribution in [3.8, 4) is 0 Å². The van der Waals surface area contributed by atoms with Crippen molar-refractivity contribution in [1.82, 2.24) is 10.3 Å². The van der Waals surface area contributed by atoms with Crippen LogP contribution in [0.4, 0.5) is 0 Å². The number of amides is 1. The molecule has 0 saturated heterocycles. The van der Waals surface area contributed by atoms with Crippen LogP contribution in [0, 0.1) is 0 Å². The smallest absolute Gasteiger partial charge is 0.268 e. The van der Waals surface area contributed by atoms with Crippen LogP contribution in [0.2, 0.25) is 9.36 Å². The van der Waals surface area contributed by atoms with E-state index in [1.165, 1.54) is 11.3 Å². The molecule has 6 heteroatoms. The van der Waals surface area contributed by atoms with Gasteiger partial charge < -0.3 is 10.3 Å². The lowest BCUT2D eigenvalue weighted by molar-refractivity contribution is 0.0936. The summed E-state index contributed by atoms with van der Waals surface area (Å²) in [7, 11) is 0. The summed E-state index contributed by atoms with van der Waals surface area (Å²) >= 11 is 13.0. The molecule has 17 heavy (non-hydrogen) atoms. The highest BCUT2D eigenvalue weighted by molar-refractivity contribution is 7.16. The van der Waals surface area contributed by atoms with Gasteiger partial charge in [0.05, 0.1) is 15.4 Å². The van der Waals surface area contributed by atoms with Crippen molar-refractivity contribution >= 4 is 40.4 Å². The van der Waals surface area contributed by atoms with E-state index in [9.17, 15) is 4.79 Å². The molecule has 90 valence electrons. The number of hydrogen-bond acceptors (Lipinski definition) is 2. The van der Waals surface area contributed by atoms with Crippen molar-refractivity contribution in [3.63, 3.8) is 0 Å². The van der Waals surface area contributed by atoms with E-state index in [-0.39, 0.29) is 11.9 Å². The lowest BCUT2D eigenvalue weighted by atomic mass is 10.2. The summed E-state index contributed by atoms with van der Waals surface area (Å²) in [4.78, 5) is 15.6. The molecule has 2 rings (SSSR count). The lowest BCUT2D eigenvalue weighted by Crippen LogP contribution is -2.26. The molecular formula is C11H10Cl2N2OS. The highest BCUT2D eigenvalue weighted by atomic mass is 35.5. The zero-order valence-corrected chi connectivity index (χ0v) is 11.3. The van der Waals surface area contributed by atoms with Crippen LogP contribution in [0.1, 0.15) is 28.3 Å². The fraction of sp³-hybridized carbons (Fsp3) is 0.182. The van der Waals surface area contributed by atoms with Crippen molar-refractivity contribution in [1.29, 1.82) is 0 Å². The lowest BCUT2D eigenvalue weighted by Gasteiger charge is -2.10. The highest BCUT2D eigenvalue weighted by Crippen LogP contribution is 2.26. The molecule has 0 aliphatic heterocycles. The van der Waals surface area contributed by atoms with Crippen molar-refractivity contribution in [3.05, 3.63) is 44.3 Å². The van der Waals surface area contributed by atoms with Gasteiger partial charge >= 0.3 is 0 Å². The van der Waals surface area contributed by atoms with Gasteiger partial charge in [0.25, 0.3) is 5.91 Å². The van der Waals surface area contributed by atoms with Gasteiger partial charge in [-0.2, -0.15) is 0 Å². The average molecular weight is 289 g/mol. The Bertz CT molecular complexity index is 535. The van der Waals surface area contributed by atoms with Crippen LogP contribution >= 0.6 is 34.5 Å². The molecule has 1 atom stereocenters. The van der Waals surface area contributed by atoms with Gasteiger partial charge in [-0.05, 0) is 25.1 Å². The third-order valence-electron chi connectivity index (χ3n) is 2.26. The maximum atomic E-state index is 11.8. The maximum absolute atomic E-state index is 11.8. The predicted octanol–water partition coefficient (Wildman–Crippen LogP) is 3.87. The van der Waals surface area contributed by atoms with Crippen LogP contribution in [0.25, 0.3) is 0 Å². The number of carbonyl (C=O) groups excluding carboxylic acids is 1. The van der Waals surface area contributed by atoms with E-state index in [1.807, 2.05) is 19.1 Å². The maximum Gasteiger partial charge on any atom is 0.268 e. The highest BCUT2D eigenvalue weighted by Gasteiger charge is 2.14. The second kappa shape index (κ2) is 5.12. The molecule has 2 heterocycles. The van der Waals surface area contributed by atoms with Gasteiger partial charge in [0.15, 0.2) is 0 Å². The topological polar surface area (TPSA) is 44.9 Å². The Morgan fingerprint density at radius 1 is 1.47 bits per heavy atom. The molecule has 0 aliphatic rings. The third-order valence-corrected chi connectivity index (χ3v) is 3.89. The van der Waals surface area contributed by atoms with Gasteiger partial charge in [0.2, 0.25) is 0 Å². The predicted molar refractivity (Wildman–Crippen MR) is 71.0 cm³/mol. The molecular weight excluding hydrogens is 279 g/mol. The molecule has 3 nitrogen and oxygen atoms in total. The van der Waals surface area contributed by atoms with E-state index in [1.54, 1.807) is 12.3 Å². The van der Waals surface area contributed by atoms with Crippen LogP contribution in [0.3, 0.4) is 0 Å². The van der Waals surface area contributed by atoms with Crippen molar-refractivity contribution in [2.45, 2.75) is 13.0 Å². The number of nitrogens with one attached hydrogen (secondary N) is 2. The molecule has 0 aromatic carbocycles. The fourth-order valence-electron chi connectivity index (χ4n) is 1.41. The first-order valence-corrected chi connectivity index (χ1v) is 6.53. The van der Waals surface area contributed by atoms with E-state index in [0.29, 0.717) is 15.1 Å². The Balaban J connectivity index is 2.04. The Hall–Kier alpha value is -0.970. The molecule has 0 spiro atoms. The summed E-state index contributed by atoms with van der Waals surface area (Å²) in [5, 5.41) is 3.38. The van der Waals surface area contributed by atoms with Crippen LogP contribution < -0.4 is 5.32 Å². The number of carbonyl (C=O) groups is 1. The summed E-state index contributed by atoms with van der Waals surface area (Å²) in [6.07, 6.45) is 1.57. The van der Waals surface area contributed by atoms with Crippen LogP contribution in [-0.2, 0) is 0 Å². The molecule has 2 aromatic rings. The van der Waals surface area contributed by atoms with E-state index < -0.39 is 0 Å². The number of aromatic amines is 1. The first kappa shape index (κ1) is 12.5. The fourth-order valence-corrected chi connectivity index (χ4v) is 2.63. The van der Waals surface area contributed by atoms with E-state index in [4.69, 9.17) is 23.2 Å². The zero-order chi connectivity index (χ0) is 12.4. The monoisotopic (exact) mass is 288 g/mol. The molecule has 0 unspecified atom stereocenters. The van der Waals surface area contributed by atoms with Crippen molar-refractivity contribution in [2.75, 3.05) is 0 Å². The molecule has 0 radical (unpaired) electrons. The van der Waals surface area contributed by atoms with Crippen LogP contribution in [0.5, 0.6) is 0 Å². The SMILES string of the molecule is C[C@@H](NC(=O)c1cc(Cl)c[nH]1)c1ccc(Cl)s1. The summed E-state index contributed by atoms with van der Waals surface area (Å²) in [5.41, 5.74) is 0.449. The van der Waals surface area contributed by atoms with Gasteiger partial charge in [-0.1, -0.05) is 23.2 Å².